The first-order valence-electron chi connectivity index (χ1n) is 8.86. The lowest BCUT2D eigenvalue weighted by atomic mass is 10.2. The molecular weight excluding hydrogens is 406 g/mol. The molecule has 0 aromatic heterocycles. The third-order valence-electron chi connectivity index (χ3n) is 3.98. The molecule has 2 rings (SSSR count). The van der Waals surface area contributed by atoms with Crippen LogP contribution in [0.15, 0.2) is 53.0 Å². The molecule has 0 unspecified atom stereocenters. The van der Waals surface area contributed by atoms with E-state index in [0.29, 0.717) is 19.7 Å². The Morgan fingerprint density at radius 3 is 2.41 bits per heavy atom. The highest BCUT2D eigenvalue weighted by molar-refractivity contribution is 9.10. The van der Waals surface area contributed by atoms with Gasteiger partial charge in [-0.2, -0.15) is 5.26 Å². The van der Waals surface area contributed by atoms with Crippen LogP contribution in [0.2, 0.25) is 0 Å². The van der Waals surface area contributed by atoms with Crippen LogP contribution in [0, 0.1) is 11.3 Å². The van der Waals surface area contributed by atoms with Gasteiger partial charge in [-0.15, -0.1) is 0 Å². The summed E-state index contributed by atoms with van der Waals surface area (Å²) in [6.45, 7) is 3.84. The molecule has 0 aliphatic carbocycles. The molecule has 0 heterocycles. The number of hydrogen-bond acceptors (Lipinski definition) is 4. The second-order valence-corrected chi connectivity index (χ2v) is 7.09. The molecule has 0 bridgehead atoms. The number of anilines is 1. The van der Waals surface area contributed by atoms with Crippen LogP contribution in [0.3, 0.4) is 0 Å². The van der Waals surface area contributed by atoms with Gasteiger partial charge in [0.2, 0.25) is 5.91 Å². The molecular formula is C21H24BrN3O2. The Bertz CT molecular complexity index is 770. The minimum absolute atomic E-state index is 0.0333. The Morgan fingerprint density at radius 1 is 1.15 bits per heavy atom. The zero-order valence-corrected chi connectivity index (χ0v) is 17.3. The van der Waals surface area contributed by atoms with Gasteiger partial charge < -0.3 is 9.64 Å². The zero-order chi connectivity index (χ0) is 19.6. The molecule has 0 aliphatic heterocycles. The van der Waals surface area contributed by atoms with Crippen molar-refractivity contribution in [3.05, 3.63) is 58.6 Å². The van der Waals surface area contributed by atoms with Gasteiger partial charge in [0.15, 0.2) is 0 Å². The monoisotopic (exact) mass is 429 g/mol. The lowest BCUT2D eigenvalue weighted by molar-refractivity contribution is -0.119. The Balaban J connectivity index is 2.04. The standard InChI is InChI=1S/C21H24BrN3O2/c1-3-27-20-11-9-19(10-12-20)25(14-4-13-23)21(26)16-24(2)15-17-5-7-18(22)8-6-17/h5-12H,3-4,14-16H2,1-2H3. The number of ether oxygens (including phenoxy) is 1. The third-order valence-corrected chi connectivity index (χ3v) is 4.51. The maximum atomic E-state index is 12.9. The molecule has 0 N–H and O–H groups in total. The quantitative estimate of drug-likeness (QED) is 0.598. The van der Waals surface area contributed by atoms with Crippen molar-refractivity contribution in [2.45, 2.75) is 19.9 Å². The molecule has 6 heteroatoms. The fourth-order valence-corrected chi connectivity index (χ4v) is 2.99. The Morgan fingerprint density at radius 2 is 1.81 bits per heavy atom. The SMILES string of the molecule is CCOc1ccc(N(CCC#N)C(=O)CN(C)Cc2ccc(Br)cc2)cc1. The average molecular weight is 430 g/mol. The molecule has 0 saturated heterocycles. The van der Waals surface area contributed by atoms with Gasteiger partial charge in [-0.05, 0) is 55.9 Å². The molecule has 1 amide bonds. The van der Waals surface area contributed by atoms with Gasteiger partial charge in [0.05, 0.1) is 25.6 Å². The number of carbonyl (C=O) groups is 1. The topological polar surface area (TPSA) is 56.6 Å². The van der Waals surface area contributed by atoms with Crippen LogP contribution >= 0.6 is 15.9 Å². The second kappa shape index (κ2) is 10.7. The summed E-state index contributed by atoms with van der Waals surface area (Å²) in [7, 11) is 1.92. The van der Waals surface area contributed by atoms with E-state index in [1.165, 1.54) is 0 Å². The summed E-state index contributed by atoms with van der Waals surface area (Å²) in [5, 5.41) is 8.93. The lowest BCUT2D eigenvalue weighted by Gasteiger charge is -2.25. The molecule has 5 nitrogen and oxygen atoms in total. The summed E-state index contributed by atoms with van der Waals surface area (Å²) in [6.07, 6.45) is 0.287. The molecule has 0 spiro atoms. The first kappa shape index (κ1) is 20.9. The van der Waals surface area contributed by atoms with Gasteiger partial charge >= 0.3 is 0 Å². The van der Waals surface area contributed by atoms with Crippen LogP contribution in [-0.2, 0) is 11.3 Å². The number of halogens is 1. The van der Waals surface area contributed by atoms with E-state index in [0.717, 1.165) is 21.5 Å². The summed E-state index contributed by atoms with van der Waals surface area (Å²) in [5.41, 5.74) is 1.91. The fraction of sp³-hybridized carbons (Fsp3) is 0.333. The van der Waals surface area contributed by atoms with Gasteiger partial charge in [0, 0.05) is 23.2 Å². The van der Waals surface area contributed by atoms with Gasteiger partial charge in [0.25, 0.3) is 0 Å². The van der Waals surface area contributed by atoms with E-state index in [9.17, 15) is 4.79 Å². The van der Waals surface area contributed by atoms with Gasteiger partial charge in [-0.1, -0.05) is 28.1 Å². The molecule has 2 aromatic rings. The normalized spacial score (nSPS) is 10.5. The van der Waals surface area contributed by atoms with E-state index in [1.54, 1.807) is 4.90 Å². The first-order chi connectivity index (χ1) is 13.0. The molecule has 0 radical (unpaired) electrons. The fourth-order valence-electron chi connectivity index (χ4n) is 2.72. The summed E-state index contributed by atoms with van der Waals surface area (Å²) >= 11 is 3.43. The van der Waals surface area contributed by atoms with Crippen LogP contribution in [0.25, 0.3) is 0 Å². The Labute approximate surface area is 169 Å². The number of nitrogens with zero attached hydrogens (tertiary/aromatic N) is 3. The molecule has 0 saturated carbocycles. The number of likely N-dealkylation sites (N-methyl/N-ethyl adjacent to an activating group) is 1. The average Bonchev–Trinajstić information content (AvgIpc) is 2.65. The highest BCUT2D eigenvalue weighted by Gasteiger charge is 2.17. The van der Waals surface area contributed by atoms with Crippen LogP contribution in [0.4, 0.5) is 5.69 Å². The Hall–Kier alpha value is -2.36. The Kier molecular flexibility index (Phi) is 8.31. The number of carbonyl (C=O) groups excluding carboxylic acids is 1. The molecule has 0 fully saturated rings. The third kappa shape index (κ3) is 6.70. The van der Waals surface area contributed by atoms with Crippen molar-refractivity contribution in [1.29, 1.82) is 5.26 Å². The van der Waals surface area contributed by atoms with Crippen molar-refractivity contribution in [3.8, 4) is 11.8 Å². The summed E-state index contributed by atoms with van der Waals surface area (Å²) in [4.78, 5) is 16.5. The molecule has 0 atom stereocenters. The van der Waals surface area contributed by atoms with Crippen LogP contribution in [0.5, 0.6) is 5.75 Å². The molecule has 27 heavy (non-hydrogen) atoms. The largest absolute Gasteiger partial charge is 0.494 e. The predicted octanol–water partition coefficient (Wildman–Crippen LogP) is 4.23. The first-order valence-corrected chi connectivity index (χ1v) is 9.66. The molecule has 2 aromatic carbocycles. The predicted molar refractivity (Wildman–Crippen MR) is 111 cm³/mol. The molecule has 0 aliphatic rings. The van der Waals surface area contributed by atoms with E-state index in [1.807, 2.05) is 67.4 Å². The number of benzene rings is 2. The van der Waals surface area contributed by atoms with Crippen molar-refractivity contribution < 1.29 is 9.53 Å². The smallest absolute Gasteiger partial charge is 0.241 e. The summed E-state index contributed by atoms with van der Waals surface area (Å²) in [5.74, 6) is 0.732. The van der Waals surface area contributed by atoms with E-state index < -0.39 is 0 Å². The van der Waals surface area contributed by atoms with Crippen LogP contribution in [-0.4, -0.2) is 37.6 Å². The van der Waals surface area contributed by atoms with Gasteiger partial charge in [-0.3, -0.25) is 9.69 Å². The highest BCUT2D eigenvalue weighted by Crippen LogP contribution is 2.20. The number of nitriles is 1. The second-order valence-electron chi connectivity index (χ2n) is 6.18. The minimum Gasteiger partial charge on any atom is -0.494 e. The van der Waals surface area contributed by atoms with E-state index in [-0.39, 0.29) is 18.9 Å². The van der Waals surface area contributed by atoms with E-state index in [2.05, 4.69) is 22.0 Å². The number of rotatable bonds is 9. The molecule has 142 valence electrons. The van der Waals surface area contributed by atoms with Crippen LogP contribution in [0.1, 0.15) is 18.9 Å². The number of amides is 1. The van der Waals surface area contributed by atoms with Crippen molar-refractivity contribution in [2.24, 2.45) is 0 Å². The van der Waals surface area contributed by atoms with Crippen LogP contribution < -0.4 is 9.64 Å². The maximum Gasteiger partial charge on any atom is 0.241 e. The van der Waals surface area contributed by atoms with Crippen molar-refractivity contribution in [1.82, 2.24) is 4.90 Å². The maximum absolute atomic E-state index is 12.9. The lowest BCUT2D eigenvalue weighted by Crippen LogP contribution is -2.39. The van der Waals surface area contributed by atoms with Crippen molar-refractivity contribution in [3.63, 3.8) is 0 Å². The number of hydrogen-bond donors (Lipinski definition) is 0. The van der Waals surface area contributed by atoms with Gasteiger partial charge in [0.1, 0.15) is 5.75 Å². The van der Waals surface area contributed by atoms with Crippen molar-refractivity contribution in [2.75, 3.05) is 31.6 Å². The van der Waals surface area contributed by atoms with Crippen molar-refractivity contribution >= 4 is 27.5 Å². The minimum atomic E-state index is -0.0333. The highest BCUT2D eigenvalue weighted by atomic mass is 79.9. The van der Waals surface area contributed by atoms with Gasteiger partial charge in [-0.25, -0.2) is 0 Å². The van der Waals surface area contributed by atoms with E-state index >= 15 is 0 Å². The summed E-state index contributed by atoms with van der Waals surface area (Å²) in [6, 6.07) is 17.6. The zero-order valence-electron chi connectivity index (χ0n) is 15.7. The van der Waals surface area contributed by atoms with E-state index in [4.69, 9.17) is 10.00 Å². The summed E-state index contributed by atoms with van der Waals surface area (Å²) < 4.78 is 6.48.